The average Bonchev–Trinajstić information content (AvgIpc) is 2.57. The van der Waals surface area contributed by atoms with Crippen molar-refractivity contribution in [2.75, 3.05) is 18.4 Å². The number of nitrogens with one attached hydrogen (secondary N) is 1. The van der Waals surface area contributed by atoms with E-state index in [1.54, 1.807) is 4.90 Å². The Morgan fingerprint density at radius 3 is 2.83 bits per heavy atom. The van der Waals surface area contributed by atoms with Crippen LogP contribution in [0.5, 0.6) is 0 Å². The fourth-order valence-electron chi connectivity index (χ4n) is 2.75. The summed E-state index contributed by atoms with van der Waals surface area (Å²) in [5.41, 5.74) is 7.23. The fourth-order valence-corrected chi connectivity index (χ4v) is 3.78. The molecule has 1 fully saturated rings. The minimum Gasteiger partial charge on any atom is -0.369 e. The predicted octanol–water partition coefficient (Wildman–Crippen LogP) is 3.61. The number of nitrogens with two attached hydrogens (primary N) is 1. The second-order valence-corrected chi connectivity index (χ2v) is 7.94. The van der Waals surface area contributed by atoms with Crippen LogP contribution in [-0.2, 0) is 4.79 Å². The Bertz CT molecular complexity index is 606. The third-order valence-corrected chi connectivity index (χ3v) is 5.72. The number of benzene rings is 1. The molecule has 0 bridgehead atoms. The summed E-state index contributed by atoms with van der Waals surface area (Å²) >= 11 is 1.84. The highest BCUT2D eigenvalue weighted by molar-refractivity contribution is 7.99. The van der Waals surface area contributed by atoms with E-state index < -0.39 is 0 Å². The lowest BCUT2D eigenvalue weighted by atomic mass is 9.98. The summed E-state index contributed by atoms with van der Waals surface area (Å²) in [5.74, 6) is -0.560. The van der Waals surface area contributed by atoms with Crippen molar-refractivity contribution in [3.8, 4) is 0 Å². The highest BCUT2D eigenvalue weighted by Crippen LogP contribution is 2.28. The Kier molecular flexibility index (Phi) is 6.54. The summed E-state index contributed by atoms with van der Waals surface area (Å²) in [7, 11) is 0. The number of nitrogens with zero attached hydrogens (tertiary/aromatic N) is 1. The number of urea groups is 1. The molecule has 24 heavy (non-hydrogen) atoms. The molecule has 1 heterocycles. The second-order valence-electron chi connectivity index (χ2n) is 6.43. The van der Waals surface area contributed by atoms with E-state index in [4.69, 9.17) is 5.73 Å². The average molecular weight is 350 g/mol. The highest BCUT2D eigenvalue weighted by atomic mass is 32.2. The Hall–Kier alpha value is -1.69. The molecule has 1 aliphatic heterocycles. The fraction of sp³-hybridized carbons (Fsp3) is 0.556. The van der Waals surface area contributed by atoms with Crippen LogP contribution in [0.25, 0.3) is 0 Å². The van der Waals surface area contributed by atoms with Gasteiger partial charge in [0.25, 0.3) is 0 Å². The normalized spacial score (nSPS) is 19.0. The topological polar surface area (TPSA) is 75.4 Å². The van der Waals surface area contributed by atoms with Gasteiger partial charge in [-0.3, -0.25) is 4.79 Å². The molecule has 0 spiro atoms. The lowest BCUT2D eigenvalue weighted by molar-refractivity contribution is -0.123. The van der Waals surface area contributed by atoms with Gasteiger partial charge in [0, 0.05) is 28.9 Å². The lowest BCUT2D eigenvalue weighted by Gasteiger charge is -2.31. The summed E-state index contributed by atoms with van der Waals surface area (Å²) in [5, 5.41) is 3.53. The van der Waals surface area contributed by atoms with Crippen molar-refractivity contribution in [2.45, 2.75) is 50.2 Å². The van der Waals surface area contributed by atoms with Crippen molar-refractivity contribution >= 4 is 29.4 Å². The number of amides is 3. The van der Waals surface area contributed by atoms with Crippen LogP contribution in [0.4, 0.5) is 10.5 Å². The monoisotopic (exact) mass is 349 g/mol. The van der Waals surface area contributed by atoms with Gasteiger partial charge in [-0.1, -0.05) is 13.8 Å². The molecule has 5 nitrogen and oxygen atoms in total. The zero-order valence-corrected chi connectivity index (χ0v) is 15.5. The van der Waals surface area contributed by atoms with Gasteiger partial charge in [0.1, 0.15) is 0 Å². The Morgan fingerprint density at radius 1 is 1.46 bits per heavy atom. The van der Waals surface area contributed by atoms with Crippen LogP contribution in [-0.4, -0.2) is 35.2 Å². The number of carbonyl (C=O) groups excluding carboxylic acids is 2. The molecule has 1 aliphatic rings. The number of piperidine rings is 1. The van der Waals surface area contributed by atoms with Crippen LogP contribution < -0.4 is 11.1 Å². The van der Waals surface area contributed by atoms with Crippen LogP contribution in [0.1, 0.15) is 38.7 Å². The largest absolute Gasteiger partial charge is 0.369 e. The molecule has 2 rings (SSSR count). The summed E-state index contributed by atoms with van der Waals surface area (Å²) in [4.78, 5) is 26.7. The van der Waals surface area contributed by atoms with Gasteiger partial charge in [0.15, 0.2) is 0 Å². The molecule has 1 aromatic rings. The summed E-state index contributed by atoms with van der Waals surface area (Å²) in [6.45, 7) is 7.45. The van der Waals surface area contributed by atoms with Gasteiger partial charge in [0.05, 0.1) is 5.92 Å². The number of hydrogen-bond acceptors (Lipinski definition) is 3. The van der Waals surface area contributed by atoms with Crippen LogP contribution in [0.3, 0.4) is 0 Å². The van der Waals surface area contributed by atoms with E-state index in [2.05, 4.69) is 25.2 Å². The van der Waals surface area contributed by atoms with Gasteiger partial charge in [-0.05, 0) is 49.9 Å². The van der Waals surface area contributed by atoms with E-state index in [1.807, 2.05) is 30.8 Å². The molecule has 6 heteroatoms. The second kappa shape index (κ2) is 8.42. The van der Waals surface area contributed by atoms with Crippen molar-refractivity contribution < 1.29 is 9.59 Å². The first-order chi connectivity index (χ1) is 11.4. The van der Waals surface area contributed by atoms with Gasteiger partial charge in [-0.25, -0.2) is 4.79 Å². The number of anilines is 1. The molecular weight excluding hydrogens is 322 g/mol. The van der Waals surface area contributed by atoms with Crippen LogP contribution >= 0.6 is 11.8 Å². The molecule has 3 N–H and O–H groups in total. The molecular formula is C18H27N3O2S. The SMILES string of the molecule is CC[C@@H](C)Sc1ccc(NC(=O)N2CCC[C@H](C(N)=O)C2)c(C)c1. The summed E-state index contributed by atoms with van der Waals surface area (Å²) < 4.78 is 0. The molecule has 0 radical (unpaired) electrons. The van der Waals surface area contributed by atoms with Gasteiger partial charge in [0.2, 0.25) is 5.91 Å². The molecule has 1 aromatic carbocycles. The van der Waals surface area contributed by atoms with E-state index in [1.165, 1.54) is 4.90 Å². The number of carbonyl (C=O) groups is 2. The third-order valence-electron chi connectivity index (χ3n) is 4.46. The first kappa shape index (κ1) is 18.6. The zero-order valence-electron chi connectivity index (χ0n) is 14.7. The predicted molar refractivity (Wildman–Crippen MR) is 99.3 cm³/mol. The number of thioether (sulfide) groups is 1. The van der Waals surface area contributed by atoms with Gasteiger partial charge >= 0.3 is 6.03 Å². The van der Waals surface area contributed by atoms with Gasteiger partial charge in [-0.15, -0.1) is 11.8 Å². The number of hydrogen-bond donors (Lipinski definition) is 2. The maximum atomic E-state index is 12.5. The van der Waals surface area contributed by atoms with Crippen molar-refractivity contribution in [1.29, 1.82) is 0 Å². The van der Waals surface area contributed by atoms with Gasteiger partial charge < -0.3 is 16.0 Å². The standard InChI is InChI=1S/C18H27N3O2S/c1-4-13(3)24-15-7-8-16(12(2)10-15)20-18(23)21-9-5-6-14(11-21)17(19)22/h7-8,10,13-14H,4-6,9,11H2,1-3H3,(H2,19,22)(H,20,23)/t13-,14+/m1/s1. The van der Waals surface area contributed by atoms with Crippen molar-refractivity contribution in [2.24, 2.45) is 11.7 Å². The Labute approximate surface area is 148 Å². The van der Waals surface area contributed by atoms with Crippen LogP contribution in [0, 0.1) is 12.8 Å². The number of likely N-dealkylation sites (tertiary alicyclic amines) is 1. The van der Waals surface area contributed by atoms with Crippen molar-refractivity contribution in [3.05, 3.63) is 23.8 Å². The van der Waals surface area contributed by atoms with E-state index in [-0.39, 0.29) is 17.9 Å². The molecule has 0 unspecified atom stereocenters. The minimum atomic E-state index is -0.324. The van der Waals surface area contributed by atoms with Gasteiger partial charge in [-0.2, -0.15) is 0 Å². The maximum Gasteiger partial charge on any atom is 0.321 e. The Morgan fingerprint density at radius 2 is 2.21 bits per heavy atom. The van der Waals surface area contributed by atoms with Crippen molar-refractivity contribution in [1.82, 2.24) is 4.90 Å². The van der Waals surface area contributed by atoms with E-state index in [0.29, 0.717) is 18.3 Å². The molecule has 1 saturated heterocycles. The highest BCUT2D eigenvalue weighted by Gasteiger charge is 2.27. The quantitative estimate of drug-likeness (QED) is 0.797. The smallest absolute Gasteiger partial charge is 0.321 e. The minimum absolute atomic E-state index is 0.161. The van der Waals surface area contributed by atoms with E-state index in [9.17, 15) is 9.59 Å². The molecule has 2 atom stereocenters. The van der Waals surface area contributed by atoms with Crippen LogP contribution in [0.15, 0.2) is 23.1 Å². The van der Waals surface area contributed by atoms with E-state index in [0.717, 1.165) is 30.5 Å². The first-order valence-electron chi connectivity index (χ1n) is 8.53. The van der Waals surface area contributed by atoms with Crippen LogP contribution in [0.2, 0.25) is 0 Å². The maximum absolute atomic E-state index is 12.5. The molecule has 132 valence electrons. The number of rotatable bonds is 5. The van der Waals surface area contributed by atoms with E-state index >= 15 is 0 Å². The zero-order chi connectivity index (χ0) is 17.7. The summed E-state index contributed by atoms with van der Waals surface area (Å²) in [6.07, 6.45) is 2.70. The van der Waals surface area contributed by atoms with Crippen molar-refractivity contribution in [3.63, 3.8) is 0 Å². The molecule has 0 saturated carbocycles. The molecule has 3 amide bonds. The summed E-state index contributed by atoms with van der Waals surface area (Å²) in [6, 6.07) is 5.94. The molecule has 0 aliphatic carbocycles. The Balaban J connectivity index is 1.99. The molecule has 0 aromatic heterocycles. The number of primary amides is 1. The lowest BCUT2D eigenvalue weighted by Crippen LogP contribution is -2.45. The number of aryl methyl sites for hydroxylation is 1. The third kappa shape index (κ3) is 4.90. The first-order valence-corrected chi connectivity index (χ1v) is 9.41.